The van der Waals surface area contributed by atoms with Crippen molar-refractivity contribution in [2.24, 2.45) is 0 Å². The third-order valence-electron chi connectivity index (χ3n) is 6.28. The van der Waals surface area contributed by atoms with Gasteiger partial charge in [0, 0.05) is 42.6 Å². The van der Waals surface area contributed by atoms with E-state index in [1.165, 1.54) is 11.8 Å². The SMILES string of the molecule is Cc1cn(Cc2ccc(C3CCN(C(=O)OC(C)(C)C)CC3)cn2)c2ccc(S(C)(=O)=O)cc12. The van der Waals surface area contributed by atoms with Crippen molar-refractivity contribution in [1.29, 1.82) is 0 Å². The second-order valence-electron chi connectivity index (χ2n) is 10.2. The summed E-state index contributed by atoms with van der Waals surface area (Å²) in [6.45, 7) is 9.63. The van der Waals surface area contributed by atoms with Crippen LogP contribution in [0.4, 0.5) is 4.79 Å². The summed E-state index contributed by atoms with van der Waals surface area (Å²) in [5, 5.41) is 0.941. The van der Waals surface area contributed by atoms with Gasteiger partial charge in [-0.05, 0) is 81.8 Å². The third-order valence-corrected chi connectivity index (χ3v) is 7.39. The molecule has 182 valence electrons. The van der Waals surface area contributed by atoms with Gasteiger partial charge in [-0.2, -0.15) is 0 Å². The Bertz CT molecular complexity index is 1300. The quantitative estimate of drug-likeness (QED) is 0.527. The number of pyridine rings is 1. The normalized spacial score (nSPS) is 15.6. The average Bonchev–Trinajstić information content (AvgIpc) is 3.07. The van der Waals surface area contributed by atoms with Gasteiger partial charge in [-0.25, -0.2) is 13.2 Å². The zero-order valence-electron chi connectivity index (χ0n) is 20.5. The Balaban J connectivity index is 1.42. The minimum Gasteiger partial charge on any atom is -0.444 e. The fraction of sp³-hybridized carbons (Fsp3) is 0.462. The topological polar surface area (TPSA) is 81.5 Å². The lowest BCUT2D eigenvalue weighted by Gasteiger charge is -2.33. The molecule has 0 N–H and O–H groups in total. The molecule has 0 unspecified atom stereocenters. The molecule has 1 saturated heterocycles. The number of rotatable bonds is 4. The van der Waals surface area contributed by atoms with Crippen LogP contribution in [-0.2, 0) is 21.1 Å². The molecule has 3 aromatic rings. The van der Waals surface area contributed by atoms with Gasteiger partial charge in [0.1, 0.15) is 5.60 Å². The highest BCUT2D eigenvalue weighted by molar-refractivity contribution is 7.90. The molecule has 0 aliphatic carbocycles. The van der Waals surface area contributed by atoms with Crippen LogP contribution in [0.3, 0.4) is 0 Å². The summed E-state index contributed by atoms with van der Waals surface area (Å²) in [7, 11) is -3.24. The first-order valence-electron chi connectivity index (χ1n) is 11.6. The van der Waals surface area contributed by atoms with Crippen molar-refractivity contribution in [3.8, 4) is 0 Å². The van der Waals surface area contributed by atoms with Gasteiger partial charge in [0.15, 0.2) is 9.84 Å². The molecule has 1 aliphatic rings. The van der Waals surface area contributed by atoms with E-state index in [0.717, 1.165) is 35.0 Å². The van der Waals surface area contributed by atoms with Crippen molar-refractivity contribution in [2.75, 3.05) is 19.3 Å². The molecule has 2 aromatic heterocycles. The minimum atomic E-state index is -3.24. The lowest BCUT2D eigenvalue weighted by atomic mass is 9.90. The molecule has 1 fully saturated rings. The van der Waals surface area contributed by atoms with Crippen LogP contribution in [0.25, 0.3) is 10.9 Å². The molecule has 0 saturated carbocycles. The molecule has 0 bridgehead atoms. The van der Waals surface area contributed by atoms with Crippen molar-refractivity contribution in [1.82, 2.24) is 14.5 Å². The van der Waals surface area contributed by atoms with E-state index < -0.39 is 15.4 Å². The highest BCUT2D eigenvalue weighted by atomic mass is 32.2. The van der Waals surface area contributed by atoms with Crippen LogP contribution in [-0.4, -0.2) is 53.9 Å². The number of likely N-dealkylation sites (tertiary alicyclic amines) is 1. The van der Waals surface area contributed by atoms with Gasteiger partial charge in [0.2, 0.25) is 0 Å². The molecule has 0 atom stereocenters. The van der Waals surface area contributed by atoms with Gasteiger partial charge in [-0.15, -0.1) is 0 Å². The molecule has 1 aliphatic heterocycles. The largest absolute Gasteiger partial charge is 0.444 e. The highest BCUT2D eigenvalue weighted by Gasteiger charge is 2.27. The lowest BCUT2D eigenvalue weighted by molar-refractivity contribution is 0.0205. The number of ether oxygens (including phenoxy) is 1. The summed E-state index contributed by atoms with van der Waals surface area (Å²) >= 11 is 0. The molecule has 1 amide bonds. The number of nitrogens with zero attached hydrogens (tertiary/aromatic N) is 3. The summed E-state index contributed by atoms with van der Waals surface area (Å²) < 4.78 is 31.4. The van der Waals surface area contributed by atoms with Crippen LogP contribution in [0.15, 0.2) is 47.6 Å². The van der Waals surface area contributed by atoms with Crippen molar-refractivity contribution in [3.63, 3.8) is 0 Å². The summed E-state index contributed by atoms with van der Waals surface area (Å²) in [5.74, 6) is 0.379. The number of aryl methyl sites for hydroxylation is 1. The predicted molar refractivity (Wildman–Crippen MR) is 133 cm³/mol. The van der Waals surface area contributed by atoms with Gasteiger partial charge in [0.25, 0.3) is 0 Å². The number of hydrogen-bond donors (Lipinski definition) is 0. The number of aromatic nitrogens is 2. The molecular formula is C26H33N3O4S. The van der Waals surface area contributed by atoms with Gasteiger partial charge in [-0.3, -0.25) is 4.98 Å². The zero-order chi connectivity index (χ0) is 24.7. The summed E-state index contributed by atoms with van der Waals surface area (Å²) in [4.78, 5) is 19.1. The number of benzene rings is 1. The third kappa shape index (κ3) is 5.43. The Morgan fingerprint density at radius 2 is 1.85 bits per heavy atom. The standard InChI is InChI=1S/C26H33N3O4S/c1-18-16-29(24-9-8-22(14-23(18)24)34(5,31)32)17-21-7-6-20(15-27-21)19-10-12-28(13-11-19)25(30)33-26(2,3)4/h6-9,14-16,19H,10-13,17H2,1-5H3. The fourth-order valence-corrected chi connectivity index (χ4v) is 5.13. The van der Waals surface area contributed by atoms with Gasteiger partial charge >= 0.3 is 6.09 Å². The van der Waals surface area contributed by atoms with Gasteiger partial charge < -0.3 is 14.2 Å². The monoisotopic (exact) mass is 483 g/mol. The summed E-state index contributed by atoms with van der Waals surface area (Å²) in [6, 6.07) is 9.47. The van der Waals surface area contributed by atoms with Gasteiger partial charge in [-0.1, -0.05) is 6.07 Å². The lowest BCUT2D eigenvalue weighted by Crippen LogP contribution is -2.41. The minimum absolute atomic E-state index is 0.239. The van der Waals surface area contributed by atoms with Crippen molar-refractivity contribution < 1.29 is 17.9 Å². The summed E-state index contributed by atoms with van der Waals surface area (Å²) in [5.41, 5.74) is 3.69. The van der Waals surface area contributed by atoms with Gasteiger partial charge in [0.05, 0.1) is 17.1 Å². The Labute approximate surface area is 201 Å². The highest BCUT2D eigenvalue weighted by Crippen LogP contribution is 2.29. The van der Waals surface area contributed by atoms with Crippen LogP contribution in [0, 0.1) is 6.92 Å². The number of carbonyl (C=O) groups excluding carboxylic acids is 1. The first kappa shape index (κ1) is 24.3. The predicted octanol–water partition coefficient (Wildman–Crippen LogP) is 4.91. The maximum atomic E-state index is 12.3. The van der Waals surface area contributed by atoms with E-state index in [0.29, 0.717) is 30.4 Å². The second kappa shape index (κ2) is 9.06. The average molecular weight is 484 g/mol. The number of carbonyl (C=O) groups is 1. The summed E-state index contributed by atoms with van der Waals surface area (Å²) in [6.07, 6.45) is 6.77. The molecule has 1 aromatic carbocycles. The zero-order valence-corrected chi connectivity index (χ0v) is 21.4. The Hall–Kier alpha value is -2.87. The first-order valence-corrected chi connectivity index (χ1v) is 13.5. The number of piperidine rings is 1. The maximum absolute atomic E-state index is 12.3. The maximum Gasteiger partial charge on any atom is 0.410 e. The van der Waals surface area contributed by atoms with Crippen LogP contribution in [0.5, 0.6) is 0 Å². The molecule has 34 heavy (non-hydrogen) atoms. The van der Waals surface area contributed by atoms with E-state index >= 15 is 0 Å². The van der Waals surface area contributed by atoms with E-state index in [2.05, 4.69) is 16.7 Å². The van der Waals surface area contributed by atoms with Crippen molar-refractivity contribution in [2.45, 2.75) is 63.5 Å². The van der Waals surface area contributed by atoms with Crippen LogP contribution >= 0.6 is 0 Å². The van der Waals surface area contributed by atoms with E-state index in [4.69, 9.17) is 9.72 Å². The van der Waals surface area contributed by atoms with E-state index in [1.807, 2.05) is 46.2 Å². The van der Waals surface area contributed by atoms with E-state index in [-0.39, 0.29) is 6.09 Å². The second-order valence-corrected chi connectivity index (χ2v) is 12.2. The van der Waals surface area contributed by atoms with E-state index in [9.17, 15) is 13.2 Å². The fourth-order valence-electron chi connectivity index (χ4n) is 4.48. The van der Waals surface area contributed by atoms with E-state index in [1.54, 1.807) is 17.0 Å². The number of amides is 1. The smallest absolute Gasteiger partial charge is 0.410 e. The number of fused-ring (bicyclic) bond motifs is 1. The first-order chi connectivity index (χ1) is 15.9. The molecule has 4 rings (SSSR count). The molecule has 8 heteroatoms. The van der Waals surface area contributed by atoms with Crippen LogP contribution in [0.1, 0.15) is 56.4 Å². The van der Waals surface area contributed by atoms with Crippen LogP contribution < -0.4 is 0 Å². The number of hydrogen-bond acceptors (Lipinski definition) is 5. The molecular weight excluding hydrogens is 450 g/mol. The Morgan fingerprint density at radius 1 is 1.15 bits per heavy atom. The number of sulfone groups is 1. The molecule has 3 heterocycles. The molecule has 0 spiro atoms. The van der Waals surface area contributed by atoms with Crippen molar-refractivity contribution in [3.05, 3.63) is 59.5 Å². The Morgan fingerprint density at radius 3 is 2.44 bits per heavy atom. The Kier molecular flexibility index (Phi) is 6.46. The molecule has 0 radical (unpaired) electrons. The molecule has 7 nitrogen and oxygen atoms in total. The van der Waals surface area contributed by atoms with Crippen molar-refractivity contribution >= 4 is 26.8 Å². The van der Waals surface area contributed by atoms with Crippen LogP contribution in [0.2, 0.25) is 0 Å².